The summed E-state index contributed by atoms with van der Waals surface area (Å²) in [5, 5.41) is 6.33. The first-order valence-electron chi connectivity index (χ1n) is 6.85. The fraction of sp³-hybridized carbons (Fsp3) is 0.375. The number of nitrogens with two attached hydrogens (primary N) is 1. The van der Waals surface area contributed by atoms with Crippen molar-refractivity contribution < 1.29 is 4.79 Å². The SMILES string of the molecule is C=C1CCC(c2ccccc2C)N1/N=C(\C)C(=O)CN. The van der Waals surface area contributed by atoms with Crippen LogP contribution in [0, 0.1) is 6.92 Å². The Morgan fingerprint density at radius 2 is 2.20 bits per heavy atom. The van der Waals surface area contributed by atoms with Crippen LogP contribution in [0.3, 0.4) is 0 Å². The van der Waals surface area contributed by atoms with Crippen molar-refractivity contribution in [2.75, 3.05) is 6.54 Å². The van der Waals surface area contributed by atoms with Crippen LogP contribution in [0.1, 0.15) is 36.9 Å². The fourth-order valence-electron chi connectivity index (χ4n) is 2.51. The van der Waals surface area contributed by atoms with Gasteiger partial charge in [-0.05, 0) is 37.8 Å². The normalized spacial score (nSPS) is 19.6. The topological polar surface area (TPSA) is 58.7 Å². The molecule has 1 saturated heterocycles. The number of nitrogens with zero attached hydrogens (tertiary/aromatic N) is 2. The molecule has 0 radical (unpaired) electrons. The molecule has 0 spiro atoms. The smallest absolute Gasteiger partial charge is 0.192 e. The zero-order chi connectivity index (χ0) is 14.7. The molecule has 2 rings (SSSR count). The second-order valence-electron chi connectivity index (χ2n) is 5.13. The van der Waals surface area contributed by atoms with Crippen LogP contribution in [0.15, 0.2) is 41.6 Å². The van der Waals surface area contributed by atoms with Crippen molar-refractivity contribution in [3.05, 3.63) is 47.7 Å². The Morgan fingerprint density at radius 1 is 1.50 bits per heavy atom. The van der Waals surface area contributed by atoms with Crippen LogP contribution in [0.4, 0.5) is 0 Å². The number of carbonyl (C=O) groups excluding carboxylic acids is 1. The lowest BCUT2D eigenvalue weighted by atomic mass is 10.00. The van der Waals surface area contributed by atoms with Crippen molar-refractivity contribution in [1.29, 1.82) is 0 Å². The van der Waals surface area contributed by atoms with Gasteiger partial charge in [-0.15, -0.1) is 0 Å². The van der Waals surface area contributed by atoms with Gasteiger partial charge in [-0.2, -0.15) is 5.10 Å². The van der Waals surface area contributed by atoms with Crippen LogP contribution < -0.4 is 5.73 Å². The molecule has 0 aromatic heterocycles. The van der Waals surface area contributed by atoms with Crippen molar-refractivity contribution in [3.8, 4) is 0 Å². The molecule has 1 aliphatic rings. The van der Waals surface area contributed by atoms with Crippen molar-refractivity contribution in [1.82, 2.24) is 5.01 Å². The Kier molecular flexibility index (Phi) is 4.35. The zero-order valence-corrected chi connectivity index (χ0v) is 12.1. The molecule has 20 heavy (non-hydrogen) atoms. The number of carbonyl (C=O) groups is 1. The number of Topliss-reactive ketones (excluding diaryl/α,β-unsaturated/α-hetero) is 1. The summed E-state index contributed by atoms with van der Waals surface area (Å²) in [5.41, 5.74) is 9.24. The molecule has 1 unspecified atom stereocenters. The Bertz CT molecular complexity index is 563. The van der Waals surface area contributed by atoms with Crippen LogP contribution in [0.2, 0.25) is 0 Å². The summed E-state index contributed by atoms with van der Waals surface area (Å²) in [5.74, 6) is -0.131. The second-order valence-corrected chi connectivity index (χ2v) is 5.13. The van der Waals surface area contributed by atoms with E-state index in [2.05, 4.69) is 30.7 Å². The molecule has 1 fully saturated rings. The molecule has 106 valence electrons. The average molecular weight is 271 g/mol. The first-order valence-corrected chi connectivity index (χ1v) is 6.85. The van der Waals surface area contributed by atoms with Gasteiger partial charge in [-0.3, -0.25) is 9.80 Å². The highest BCUT2D eigenvalue weighted by molar-refractivity contribution is 6.39. The Morgan fingerprint density at radius 3 is 2.85 bits per heavy atom. The number of allylic oxidation sites excluding steroid dienone is 1. The molecule has 1 heterocycles. The number of rotatable bonds is 4. The first kappa shape index (κ1) is 14.5. The number of hydrogen-bond acceptors (Lipinski definition) is 4. The van der Waals surface area contributed by atoms with Crippen molar-refractivity contribution >= 4 is 11.5 Å². The van der Waals surface area contributed by atoms with Crippen LogP contribution in [0.25, 0.3) is 0 Å². The summed E-state index contributed by atoms with van der Waals surface area (Å²) in [7, 11) is 0. The van der Waals surface area contributed by atoms with Gasteiger partial charge < -0.3 is 5.73 Å². The van der Waals surface area contributed by atoms with Gasteiger partial charge in [0.25, 0.3) is 0 Å². The van der Waals surface area contributed by atoms with E-state index in [0.29, 0.717) is 5.71 Å². The highest BCUT2D eigenvalue weighted by atomic mass is 16.1. The highest BCUT2D eigenvalue weighted by Crippen LogP contribution is 2.39. The lowest BCUT2D eigenvalue weighted by Crippen LogP contribution is -2.25. The maximum Gasteiger partial charge on any atom is 0.192 e. The van der Waals surface area contributed by atoms with Crippen molar-refractivity contribution in [2.24, 2.45) is 10.8 Å². The molecule has 0 amide bonds. The quantitative estimate of drug-likeness (QED) is 0.856. The van der Waals surface area contributed by atoms with Gasteiger partial charge in [-0.25, -0.2) is 0 Å². The third kappa shape index (κ3) is 2.80. The summed E-state index contributed by atoms with van der Waals surface area (Å²) in [6.45, 7) is 7.84. The van der Waals surface area contributed by atoms with Crippen LogP contribution in [0.5, 0.6) is 0 Å². The predicted octanol–water partition coefficient (Wildman–Crippen LogP) is 2.55. The minimum atomic E-state index is -0.131. The molecule has 1 aromatic carbocycles. The molecular formula is C16H21N3O. The molecule has 1 aromatic rings. The summed E-state index contributed by atoms with van der Waals surface area (Å²) >= 11 is 0. The summed E-state index contributed by atoms with van der Waals surface area (Å²) < 4.78 is 0. The number of benzene rings is 1. The zero-order valence-electron chi connectivity index (χ0n) is 12.1. The lowest BCUT2D eigenvalue weighted by Gasteiger charge is -2.24. The molecule has 2 N–H and O–H groups in total. The number of ketones is 1. The van der Waals surface area contributed by atoms with Crippen LogP contribution >= 0.6 is 0 Å². The number of hydrogen-bond donors (Lipinski definition) is 1. The highest BCUT2D eigenvalue weighted by Gasteiger charge is 2.29. The minimum Gasteiger partial charge on any atom is -0.324 e. The fourth-order valence-corrected chi connectivity index (χ4v) is 2.51. The van der Waals surface area contributed by atoms with Gasteiger partial charge in [0.2, 0.25) is 0 Å². The lowest BCUT2D eigenvalue weighted by molar-refractivity contribution is -0.111. The van der Waals surface area contributed by atoms with Gasteiger partial charge in [-0.1, -0.05) is 30.8 Å². The predicted molar refractivity (Wildman–Crippen MR) is 81.3 cm³/mol. The van der Waals surface area contributed by atoms with E-state index in [0.717, 1.165) is 18.5 Å². The van der Waals surface area contributed by atoms with Gasteiger partial charge in [0.15, 0.2) is 5.78 Å². The second kappa shape index (κ2) is 6.01. The van der Waals surface area contributed by atoms with E-state index < -0.39 is 0 Å². The van der Waals surface area contributed by atoms with E-state index in [9.17, 15) is 4.79 Å². The van der Waals surface area contributed by atoms with Crippen molar-refractivity contribution in [3.63, 3.8) is 0 Å². The van der Waals surface area contributed by atoms with E-state index in [1.807, 2.05) is 17.1 Å². The third-order valence-corrected chi connectivity index (χ3v) is 3.72. The average Bonchev–Trinajstić information content (AvgIpc) is 2.80. The Hall–Kier alpha value is -1.94. The molecule has 4 nitrogen and oxygen atoms in total. The molecule has 0 bridgehead atoms. The number of hydrazone groups is 1. The molecular weight excluding hydrogens is 250 g/mol. The standard InChI is InChI=1S/C16H21N3O/c1-11-6-4-5-7-14(11)15-9-8-12(2)19(15)18-13(3)16(20)10-17/h4-7,15H,2,8-10,17H2,1,3H3/b18-13+. The van der Waals surface area contributed by atoms with Gasteiger partial charge in [0, 0.05) is 5.70 Å². The molecule has 4 heteroatoms. The monoisotopic (exact) mass is 271 g/mol. The van der Waals surface area contributed by atoms with E-state index in [1.165, 1.54) is 11.1 Å². The van der Waals surface area contributed by atoms with Gasteiger partial charge in [0.05, 0.1) is 12.6 Å². The van der Waals surface area contributed by atoms with E-state index in [1.54, 1.807) is 6.92 Å². The van der Waals surface area contributed by atoms with E-state index in [-0.39, 0.29) is 18.4 Å². The Labute approximate surface area is 120 Å². The largest absolute Gasteiger partial charge is 0.324 e. The molecule has 0 saturated carbocycles. The van der Waals surface area contributed by atoms with Crippen LogP contribution in [-0.2, 0) is 4.79 Å². The minimum absolute atomic E-state index is 0.00925. The van der Waals surface area contributed by atoms with E-state index >= 15 is 0 Å². The van der Waals surface area contributed by atoms with Crippen molar-refractivity contribution in [2.45, 2.75) is 32.7 Å². The summed E-state index contributed by atoms with van der Waals surface area (Å²) in [4.78, 5) is 11.6. The maximum atomic E-state index is 11.6. The Balaban J connectivity index is 2.33. The first-order chi connectivity index (χ1) is 9.54. The third-order valence-electron chi connectivity index (χ3n) is 3.72. The summed E-state index contributed by atoms with van der Waals surface area (Å²) in [6.07, 6.45) is 1.86. The van der Waals surface area contributed by atoms with Crippen LogP contribution in [-0.4, -0.2) is 23.0 Å². The van der Waals surface area contributed by atoms with Gasteiger partial charge in [0.1, 0.15) is 5.71 Å². The molecule has 1 aliphatic heterocycles. The summed E-state index contributed by atoms with van der Waals surface area (Å²) in [6, 6.07) is 8.42. The van der Waals surface area contributed by atoms with E-state index in [4.69, 9.17) is 5.73 Å². The molecule has 1 atom stereocenters. The number of aryl methyl sites for hydroxylation is 1. The van der Waals surface area contributed by atoms with Gasteiger partial charge >= 0.3 is 0 Å². The maximum absolute atomic E-state index is 11.6. The molecule has 0 aliphatic carbocycles.